The van der Waals surface area contributed by atoms with E-state index >= 15 is 0 Å². The molecule has 0 aliphatic carbocycles. The van der Waals surface area contributed by atoms with Crippen molar-refractivity contribution in [3.8, 4) is 0 Å². The van der Waals surface area contributed by atoms with Crippen LogP contribution in [0.2, 0.25) is 0 Å². The predicted molar refractivity (Wildman–Crippen MR) is 274 cm³/mol. The van der Waals surface area contributed by atoms with E-state index in [2.05, 4.69) is 280 Å². The molecule has 0 spiro atoms. The fraction of sp³-hybridized carbons (Fsp3) is 0.100. The van der Waals surface area contributed by atoms with Gasteiger partial charge in [0.15, 0.2) is 0 Å². The lowest BCUT2D eigenvalue weighted by Crippen LogP contribution is -2.16. The lowest BCUT2D eigenvalue weighted by Gasteiger charge is -2.32. The Kier molecular flexibility index (Phi) is 11.8. The Morgan fingerprint density at radius 1 is 0.203 bits per heavy atom. The molecule has 0 heterocycles. The van der Waals surface area contributed by atoms with Crippen LogP contribution in [0.4, 0.5) is 68.2 Å². The lowest BCUT2D eigenvalue weighted by atomic mass is 10.0. The first-order valence-electron chi connectivity index (χ1n) is 22.1. The summed E-state index contributed by atoms with van der Waals surface area (Å²) in [6.07, 6.45) is 0. The van der Waals surface area contributed by atoms with Crippen LogP contribution in [0, 0.1) is 41.5 Å². The van der Waals surface area contributed by atoms with Gasteiger partial charge in [0, 0.05) is 68.2 Å². The molecular weight excluding hydrogens is 777 g/mol. The second kappa shape index (κ2) is 18.3. The second-order valence-electron chi connectivity index (χ2n) is 16.8. The summed E-state index contributed by atoms with van der Waals surface area (Å²) in [5, 5.41) is 0. The van der Waals surface area contributed by atoms with Crippen molar-refractivity contribution < 1.29 is 0 Å². The molecule has 314 valence electrons. The highest BCUT2D eigenvalue weighted by molar-refractivity contribution is 5.87. The van der Waals surface area contributed by atoms with Gasteiger partial charge < -0.3 is 19.6 Å². The zero-order valence-electron chi connectivity index (χ0n) is 37.6. The first kappa shape index (κ1) is 41.5. The zero-order chi connectivity index (χ0) is 44.2. The van der Waals surface area contributed by atoms with Crippen LogP contribution in [0.15, 0.2) is 218 Å². The fourth-order valence-corrected chi connectivity index (χ4v) is 8.85. The molecule has 0 saturated carbocycles. The van der Waals surface area contributed by atoms with Gasteiger partial charge in [-0.1, -0.05) is 91.0 Å². The summed E-state index contributed by atoms with van der Waals surface area (Å²) in [5.74, 6) is 0. The van der Waals surface area contributed by atoms with Crippen LogP contribution in [0.25, 0.3) is 0 Å². The first-order valence-corrected chi connectivity index (χ1v) is 22.1. The van der Waals surface area contributed by atoms with Gasteiger partial charge in [-0.05, 0) is 202 Å². The molecule has 0 radical (unpaired) electrons. The number of nitrogens with zero attached hydrogens (tertiary/aromatic N) is 4. The van der Waals surface area contributed by atoms with Crippen LogP contribution in [0.3, 0.4) is 0 Å². The highest BCUT2D eigenvalue weighted by Gasteiger charge is 2.23. The number of anilines is 12. The molecule has 0 N–H and O–H groups in total. The van der Waals surface area contributed by atoms with E-state index in [9.17, 15) is 0 Å². The van der Waals surface area contributed by atoms with Crippen molar-refractivity contribution in [1.29, 1.82) is 0 Å². The minimum atomic E-state index is 1.08. The van der Waals surface area contributed by atoms with Crippen LogP contribution >= 0.6 is 0 Å². The van der Waals surface area contributed by atoms with Crippen molar-refractivity contribution in [3.05, 3.63) is 252 Å². The molecule has 9 rings (SSSR count). The molecule has 0 aliphatic rings. The molecule has 0 aromatic heterocycles. The Hall–Kier alpha value is -7.82. The quantitative estimate of drug-likeness (QED) is 0.122. The van der Waals surface area contributed by atoms with E-state index in [1.165, 1.54) is 33.4 Å². The van der Waals surface area contributed by atoms with Gasteiger partial charge in [-0.2, -0.15) is 0 Å². The van der Waals surface area contributed by atoms with Crippen molar-refractivity contribution in [2.24, 2.45) is 0 Å². The summed E-state index contributed by atoms with van der Waals surface area (Å²) >= 11 is 0. The van der Waals surface area contributed by atoms with Gasteiger partial charge in [-0.15, -0.1) is 0 Å². The lowest BCUT2D eigenvalue weighted by molar-refractivity contribution is 1.20. The molecule has 0 fully saturated rings. The van der Waals surface area contributed by atoms with Gasteiger partial charge in [-0.3, -0.25) is 0 Å². The average Bonchev–Trinajstić information content (AvgIpc) is 3.30. The average molecular weight is 831 g/mol. The van der Waals surface area contributed by atoms with Crippen LogP contribution in [-0.2, 0) is 0 Å². The van der Waals surface area contributed by atoms with Crippen molar-refractivity contribution in [2.45, 2.75) is 41.5 Å². The maximum Gasteiger partial charge on any atom is 0.0492 e. The van der Waals surface area contributed by atoms with Crippen LogP contribution in [0.1, 0.15) is 33.4 Å². The molecule has 0 aliphatic heterocycles. The summed E-state index contributed by atoms with van der Waals surface area (Å²) < 4.78 is 0. The molecule has 4 nitrogen and oxygen atoms in total. The molecule has 0 bridgehead atoms. The third-order valence-electron chi connectivity index (χ3n) is 11.9. The summed E-state index contributed by atoms with van der Waals surface area (Å²) in [7, 11) is 0. The van der Waals surface area contributed by atoms with Gasteiger partial charge in [0.25, 0.3) is 0 Å². The minimum Gasteiger partial charge on any atom is -0.310 e. The fourth-order valence-electron chi connectivity index (χ4n) is 8.85. The second-order valence-corrected chi connectivity index (χ2v) is 16.8. The molecule has 9 aromatic carbocycles. The SMILES string of the molecule is Cc1cccc(N(c2ccccc2)c2ccc(N(c3ccc(N(c4ccccc4)c4cccc(C)c4)c(C)c3)c3ccc(N(c4ccccc4)c4cccc(C)c4)c(C)c3)cc2C)c1. The molecule has 0 saturated heterocycles. The van der Waals surface area contributed by atoms with E-state index in [0.29, 0.717) is 0 Å². The third-order valence-corrected chi connectivity index (χ3v) is 11.9. The Labute approximate surface area is 379 Å². The standard InChI is InChI=1S/C60H54N4/c1-43-19-16-28-52(37-43)62(49-22-10-7-11-23-49)58-34-31-55(40-46(58)4)61(56-32-35-59(47(5)41-56)63(50-24-12-8-13-25-50)53-29-17-20-44(2)38-53)57-33-36-60(48(6)42-57)64(51-26-14-9-15-27-51)54-30-18-21-45(3)39-54/h7-42H,1-6H3. The Balaban J connectivity index is 1.19. The number of hydrogen-bond donors (Lipinski definition) is 0. The van der Waals surface area contributed by atoms with E-state index in [1.54, 1.807) is 0 Å². The maximum atomic E-state index is 2.41. The molecule has 9 aromatic rings. The van der Waals surface area contributed by atoms with Crippen LogP contribution in [-0.4, -0.2) is 0 Å². The van der Waals surface area contributed by atoms with Crippen molar-refractivity contribution in [1.82, 2.24) is 0 Å². The molecule has 4 heteroatoms. The van der Waals surface area contributed by atoms with Crippen molar-refractivity contribution >= 4 is 68.2 Å². The summed E-state index contributed by atoms with van der Waals surface area (Å²) in [4.78, 5) is 9.49. The Morgan fingerprint density at radius 3 is 0.703 bits per heavy atom. The number of rotatable bonds is 12. The minimum absolute atomic E-state index is 1.08. The topological polar surface area (TPSA) is 13.0 Å². The molecular formula is C60H54N4. The number of para-hydroxylation sites is 3. The summed E-state index contributed by atoms with van der Waals surface area (Å²) in [6, 6.07) is 78.8. The number of hydrogen-bond acceptors (Lipinski definition) is 4. The van der Waals surface area contributed by atoms with E-state index < -0.39 is 0 Å². The maximum absolute atomic E-state index is 2.41. The normalized spacial score (nSPS) is 11.0. The van der Waals surface area contributed by atoms with E-state index in [-0.39, 0.29) is 0 Å². The smallest absolute Gasteiger partial charge is 0.0492 e. The van der Waals surface area contributed by atoms with Gasteiger partial charge in [0.05, 0.1) is 0 Å². The van der Waals surface area contributed by atoms with Gasteiger partial charge in [0.1, 0.15) is 0 Å². The van der Waals surface area contributed by atoms with Gasteiger partial charge in [-0.25, -0.2) is 0 Å². The molecule has 0 atom stereocenters. The van der Waals surface area contributed by atoms with Gasteiger partial charge >= 0.3 is 0 Å². The number of benzene rings is 9. The third kappa shape index (κ3) is 8.64. The highest BCUT2D eigenvalue weighted by atomic mass is 15.2. The summed E-state index contributed by atoms with van der Waals surface area (Å²) in [5.41, 5.74) is 20.5. The van der Waals surface area contributed by atoms with E-state index in [1.807, 2.05) is 0 Å². The van der Waals surface area contributed by atoms with E-state index in [4.69, 9.17) is 0 Å². The largest absolute Gasteiger partial charge is 0.310 e. The number of aryl methyl sites for hydroxylation is 6. The van der Waals surface area contributed by atoms with E-state index in [0.717, 1.165) is 68.2 Å². The predicted octanol–water partition coefficient (Wildman–Crippen LogP) is 17.4. The molecule has 0 unspecified atom stereocenters. The highest BCUT2D eigenvalue weighted by Crippen LogP contribution is 2.45. The zero-order valence-corrected chi connectivity index (χ0v) is 37.6. The monoisotopic (exact) mass is 830 g/mol. The van der Waals surface area contributed by atoms with Crippen molar-refractivity contribution in [3.63, 3.8) is 0 Å². The molecule has 0 amide bonds. The molecule has 64 heavy (non-hydrogen) atoms. The first-order chi connectivity index (χ1) is 31.2. The Morgan fingerprint density at radius 2 is 0.453 bits per heavy atom. The van der Waals surface area contributed by atoms with Crippen LogP contribution in [0.5, 0.6) is 0 Å². The summed E-state index contributed by atoms with van der Waals surface area (Å²) in [6.45, 7) is 13.1. The van der Waals surface area contributed by atoms with Crippen molar-refractivity contribution in [2.75, 3.05) is 19.6 Å². The Bertz CT molecular complexity index is 2700. The van der Waals surface area contributed by atoms with Crippen LogP contribution < -0.4 is 19.6 Å². The van der Waals surface area contributed by atoms with Gasteiger partial charge in [0.2, 0.25) is 0 Å².